The van der Waals surface area contributed by atoms with E-state index in [1.807, 2.05) is 38.1 Å². The van der Waals surface area contributed by atoms with Gasteiger partial charge in [0.1, 0.15) is 0 Å². The highest BCUT2D eigenvalue weighted by Gasteiger charge is 2.03. The van der Waals surface area contributed by atoms with Crippen molar-refractivity contribution >= 4 is 5.91 Å². The van der Waals surface area contributed by atoms with Crippen LogP contribution in [-0.2, 0) is 11.3 Å². The molecule has 0 aromatic heterocycles. The van der Waals surface area contributed by atoms with Crippen LogP contribution in [0.25, 0.3) is 0 Å². The Bertz CT molecular complexity index is 452. The van der Waals surface area contributed by atoms with Crippen LogP contribution in [0.4, 0.5) is 0 Å². The van der Waals surface area contributed by atoms with Gasteiger partial charge in [-0.2, -0.15) is 0 Å². The zero-order valence-corrected chi connectivity index (χ0v) is 11.6. The van der Waals surface area contributed by atoms with Crippen LogP contribution in [0.1, 0.15) is 37.8 Å². The van der Waals surface area contributed by atoms with Crippen molar-refractivity contribution in [2.24, 2.45) is 5.92 Å². The predicted octanol–water partition coefficient (Wildman–Crippen LogP) is 2.08. The molecule has 1 aromatic rings. The number of rotatable bonds is 5. The Hall–Kier alpha value is -1.79. The molecule has 0 bridgehead atoms. The van der Waals surface area contributed by atoms with Gasteiger partial charge in [0.25, 0.3) is 0 Å². The first-order valence-corrected chi connectivity index (χ1v) is 6.57. The molecule has 0 spiro atoms. The van der Waals surface area contributed by atoms with Crippen molar-refractivity contribution in [2.45, 2.75) is 33.2 Å². The molecule has 0 aliphatic carbocycles. The van der Waals surface area contributed by atoms with E-state index in [9.17, 15) is 4.79 Å². The highest BCUT2D eigenvalue weighted by Crippen LogP contribution is 2.04. The fourth-order valence-electron chi connectivity index (χ4n) is 1.57. The Morgan fingerprint density at radius 3 is 2.58 bits per heavy atom. The molecule has 0 radical (unpaired) electrons. The summed E-state index contributed by atoms with van der Waals surface area (Å²) in [6.45, 7) is 4.70. The third kappa shape index (κ3) is 6.64. The molecule has 2 N–H and O–H groups in total. The summed E-state index contributed by atoms with van der Waals surface area (Å²) < 4.78 is 0. The van der Waals surface area contributed by atoms with Gasteiger partial charge in [0, 0.05) is 24.9 Å². The van der Waals surface area contributed by atoms with Gasteiger partial charge in [-0.05, 0) is 23.6 Å². The normalized spacial score (nSPS) is 9.89. The van der Waals surface area contributed by atoms with Crippen molar-refractivity contribution in [3.05, 3.63) is 35.4 Å². The van der Waals surface area contributed by atoms with Crippen molar-refractivity contribution < 1.29 is 9.90 Å². The lowest BCUT2D eigenvalue weighted by Crippen LogP contribution is -2.23. The third-order valence-electron chi connectivity index (χ3n) is 2.51. The molecular weight excluding hydrogens is 238 g/mol. The second kappa shape index (κ2) is 8.34. The van der Waals surface area contributed by atoms with Crippen LogP contribution in [-0.4, -0.2) is 17.6 Å². The number of carbonyl (C=O) groups is 1. The monoisotopic (exact) mass is 259 g/mol. The summed E-state index contributed by atoms with van der Waals surface area (Å²) in [7, 11) is 0. The first-order chi connectivity index (χ1) is 9.11. The van der Waals surface area contributed by atoms with E-state index in [-0.39, 0.29) is 12.5 Å². The van der Waals surface area contributed by atoms with Gasteiger partial charge in [0.2, 0.25) is 5.91 Å². The van der Waals surface area contributed by atoms with Crippen molar-refractivity contribution in [1.82, 2.24) is 5.32 Å². The number of nitrogens with one attached hydrogen (secondary N) is 1. The summed E-state index contributed by atoms with van der Waals surface area (Å²) in [6.07, 6.45) is 1.05. The molecule has 0 saturated heterocycles. The largest absolute Gasteiger partial charge is 0.395 e. The molecule has 102 valence electrons. The summed E-state index contributed by atoms with van der Waals surface area (Å²) in [4.78, 5) is 11.5. The Balaban J connectivity index is 2.45. The molecular formula is C16H21NO2. The minimum Gasteiger partial charge on any atom is -0.395 e. The first kappa shape index (κ1) is 15.3. The number of benzene rings is 1. The molecule has 3 heteroatoms. The summed E-state index contributed by atoms with van der Waals surface area (Å²) in [5.41, 5.74) is 1.98. The molecule has 0 atom stereocenters. The maximum Gasteiger partial charge on any atom is 0.220 e. The van der Waals surface area contributed by atoms with Crippen LogP contribution >= 0.6 is 0 Å². The quantitative estimate of drug-likeness (QED) is 0.795. The summed E-state index contributed by atoms with van der Waals surface area (Å²) in [5, 5.41) is 11.5. The molecule has 19 heavy (non-hydrogen) atoms. The summed E-state index contributed by atoms with van der Waals surface area (Å²) in [6, 6.07) is 7.76. The fourth-order valence-corrected chi connectivity index (χ4v) is 1.57. The topological polar surface area (TPSA) is 49.3 Å². The highest BCUT2D eigenvalue weighted by molar-refractivity contribution is 5.76. The van der Waals surface area contributed by atoms with Crippen LogP contribution in [0.2, 0.25) is 0 Å². The van der Waals surface area contributed by atoms with Gasteiger partial charge in [-0.3, -0.25) is 4.79 Å². The zero-order chi connectivity index (χ0) is 14.1. The molecule has 0 aliphatic heterocycles. The van der Waals surface area contributed by atoms with Gasteiger partial charge in [-0.15, -0.1) is 0 Å². The summed E-state index contributed by atoms with van der Waals surface area (Å²) >= 11 is 0. The van der Waals surface area contributed by atoms with E-state index in [1.54, 1.807) is 0 Å². The minimum atomic E-state index is 0.0850. The zero-order valence-electron chi connectivity index (χ0n) is 11.6. The number of carbonyl (C=O) groups excluding carboxylic acids is 1. The van der Waals surface area contributed by atoms with Crippen LogP contribution in [0.15, 0.2) is 24.3 Å². The first-order valence-electron chi connectivity index (χ1n) is 6.57. The van der Waals surface area contributed by atoms with E-state index in [2.05, 4.69) is 17.2 Å². The summed E-state index contributed by atoms with van der Waals surface area (Å²) in [5.74, 6) is 6.30. The molecule has 1 rings (SSSR count). The Morgan fingerprint density at radius 2 is 2.00 bits per heavy atom. The number of aliphatic hydroxyl groups is 1. The van der Waals surface area contributed by atoms with Crippen molar-refractivity contribution in [1.29, 1.82) is 0 Å². The van der Waals surface area contributed by atoms with Crippen LogP contribution < -0.4 is 5.32 Å². The predicted molar refractivity (Wildman–Crippen MR) is 76.3 cm³/mol. The Morgan fingerprint density at radius 1 is 1.32 bits per heavy atom. The van der Waals surface area contributed by atoms with E-state index in [0.717, 1.165) is 11.1 Å². The van der Waals surface area contributed by atoms with Crippen LogP contribution in [0, 0.1) is 17.8 Å². The number of aliphatic hydroxyl groups excluding tert-OH is 1. The van der Waals surface area contributed by atoms with Crippen LogP contribution in [0.5, 0.6) is 0 Å². The van der Waals surface area contributed by atoms with E-state index < -0.39 is 0 Å². The molecule has 1 aromatic carbocycles. The molecule has 0 saturated carbocycles. The molecule has 0 heterocycles. The van der Waals surface area contributed by atoms with Gasteiger partial charge in [0.15, 0.2) is 0 Å². The van der Waals surface area contributed by atoms with Crippen molar-refractivity contribution in [3.8, 4) is 11.8 Å². The van der Waals surface area contributed by atoms with Crippen molar-refractivity contribution in [2.75, 3.05) is 6.61 Å². The lowest BCUT2D eigenvalue weighted by atomic mass is 10.1. The molecule has 1 amide bonds. The van der Waals surface area contributed by atoms with E-state index in [0.29, 0.717) is 25.3 Å². The fraction of sp³-hybridized carbons (Fsp3) is 0.438. The standard InChI is InChI=1S/C16H21NO2/c1-13(2)11-16(19)17-12-15-8-6-14(7-9-15)5-3-4-10-18/h6-9,13,18H,4,10-12H2,1-2H3,(H,17,19). The van der Waals surface area contributed by atoms with Crippen LogP contribution in [0.3, 0.4) is 0 Å². The maximum atomic E-state index is 11.5. The van der Waals surface area contributed by atoms with Gasteiger partial charge in [0.05, 0.1) is 6.61 Å². The average Bonchev–Trinajstić information content (AvgIpc) is 2.37. The molecule has 0 aliphatic rings. The number of hydrogen-bond acceptors (Lipinski definition) is 2. The minimum absolute atomic E-state index is 0.0850. The third-order valence-corrected chi connectivity index (χ3v) is 2.51. The smallest absolute Gasteiger partial charge is 0.220 e. The molecule has 0 fully saturated rings. The highest BCUT2D eigenvalue weighted by atomic mass is 16.2. The van der Waals surface area contributed by atoms with Crippen molar-refractivity contribution in [3.63, 3.8) is 0 Å². The Labute approximate surface area is 115 Å². The lowest BCUT2D eigenvalue weighted by molar-refractivity contribution is -0.121. The number of hydrogen-bond donors (Lipinski definition) is 2. The second-order valence-corrected chi connectivity index (χ2v) is 4.85. The van der Waals surface area contributed by atoms with Gasteiger partial charge in [-0.1, -0.05) is 37.8 Å². The van der Waals surface area contributed by atoms with Gasteiger partial charge in [-0.25, -0.2) is 0 Å². The van der Waals surface area contributed by atoms with E-state index in [1.165, 1.54) is 0 Å². The lowest BCUT2D eigenvalue weighted by Gasteiger charge is -2.07. The number of amides is 1. The van der Waals surface area contributed by atoms with E-state index >= 15 is 0 Å². The van der Waals surface area contributed by atoms with Gasteiger partial charge < -0.3 is 10.4 Å². The second-order valence-electron chi connectivity index (χ2n) is 4.85. The molecule has 0 unspecified atom stereocenters. The maximum absolute atomic E-state index is 11.5. The molecule has 3 nitrogen and oxygen atoms in total. The van der Waals surface area contributed by atoms with Gasteiger partial charge >= 0.3 is 0 Å². The average molecular weight is 259 g/mol. The van der Waals surface area contributed by atoms with E-state index in [4.69, 9.17) is 5.11 Å². The SMILES string of the molecule is CC(C)CC(=O)NCc1ccc(C#CCCO)cc1. The Kier molecular flexibility index (Phi) is 6.70.